The van der Waals surface area contributed by atoms with Crippen molar-refractivity contribution in [2.45, 2.75) is 108 Å². The minimum absolute atomic E-state index is 0.875. The first-order chi connectivity index (χ1) is 20.0. The van der Waals surface area contributed by atoms with Crippen molar-refractivity contribution in [3.8, 4) is 22.6 Å². The molecule has 0 atom stereocenters. The summed E-state index contributed by atoms with van der Waals surface area (Å²) in [6, 6.07) is 13.2. The molecule has 0 N–H and O–H groups in total. The van der Waals surface area contributed by atoms with Crippen molar-refractivity contribution in [3.05, 3.63) is 47.9 Å². The van der Waals surface area contributed by atoms with Gasteiger partial charge in [-0.15, -0.1) is 0 Å². The molecular weight excluding hydrogens is 734 g/mol. The Hall–Kier alpha value is -1.54. The molecule has 5 aromatic rings. The van der Waals surface area contributed by atoms with Crippen LogP contribution in [0, 0.1) is 0 Å². The predicted octanol–water partition coefficient (Wildman–Crippen LogP) is 11.0. The number of fused-ring (bicyclic) bond motifs is 2. The first-order valence-electron chi connectivity index (χ1n) is 16.2. The normalized spacial score (nSPS) is 12.8. The maximum absolute atomic E-state index is 6.87. The standard InChI is InChI=1S/C30H32O4.6CH3.2Sn/c1-3-5-7-9-11-21-13-15-25(33-21)27-23-17-19-32-30(23)28(24-18-20-31-29(24)27)26-16-14-22(34-26)12-10-8-6-4-2;;;;;;;;/h13-18H,3-12H2,1-2H3;6*1H3;;. The van der Waals surface area contributed by atoms with Crippen LogP contribution in [0.15, 0.2) is 54.1 Å². The summed E-state index contributed by atoms with van der Waals surface area (Å²) in [5.74, 6) is 3.84. The number of hydrogen-bond acceptors (Lipinski definition) is 4. The van der Waals surface area contributed by atoms with E-state index in [1.807, 2.05) is 0 Å². The summed E-state index contributed by atoms with van der Waals surface area (Å²) in [6.07, 6.45) is 11.7. The summed E-state index contributed by atoms with van der Waals surface area (Å²) in [7, 11) is 0. The van der Waals surface area contributed by atoms with Crippen molar-refractivity contribution in [2.24, 2.45) is 0 Å². The van der Waals surface area contributed by atoms with E-state index in [-0.39, 0.29) is 0 Å². The number of unbranched alkanes of at least 4 members (excludes halogenated alkanes) is 6. The molecule has 0 bridgehead atoms. The Labute approximate surface area is 260 Å². The van der Waals surface area contributed by atoms with Crippen LogP contribution in [0.2, 0.25) is 29.6 Å². The van der Waals surface area contributed by atoms with Gasteiger partial charge in [0.15, 0.2) is 0 Å². The molecule has 0 fully saturated rings. The molecule has 0 spiro atoms. The van der Waals surface area contributed by atoms with Crippen LogP contribution in [-0.4, -0.2) is 36.8 Å². The van der Waals surface area contributed by atoms with Crippen molar-refractivity contribution in [3.63, 3.8) is 0 Å². The fraction of sp³-hybridized carbons (Fsp3) is 0.500. The van der Waals surface area contributed by atoms with Crippen molar-refractivity contribution in [1.29, 1.82) is 0 Å². The van der Waals surface area contributed by atoms with Crippen molar-refractivity contribution in [2.75, 3.05) is 0 Å². The SMILES string of the molecule is CCCCCCc1ccc(-c2c3c[c]([Sn]([CH3])([CH3])[CH3])oc3c(-c3ccc(CCCCCC)o3)c3c[c]([Sn]([CH3])([CH3])[CH3])oc23)o1. The van der Waals surface area contributed by atoms with Crippen LogP contribution in [0.25, 0.3) is 44.6 Å². The van der Waals surface area contributed by atoms with Crippen molar-refractivity contribution in [1.82, 2.24) is 0 Å². The summed E-state index contributed by atoms with van der Waals surface area (Å²) in [6.45, 7) is 4.51. The summed E-state index contributed by atoms with van der Waals surface area (Å²) in [5.41, 5.74) is 3.87. The van der Waals surface area contributed by atoms with Gasteiger partial charge in [0, 0.05) is 0 Å². The molecule has 0 aliphatic heterocycles. The summed E-state index contributed by atoms with van der Waals surface area (Å²) < 4.78 is 29.2. The average molecular weight is 784 g/mol. The van der Waals surface area contributed by atoms with E-state index in [9.17, 15) is 0 Å². The number of rotatable bonds is 14. The van der Waals surface area contributed by atoms with Crippen LogP contribution in [0.5, 0.6) is 0 Å². The predicted molar refractivity (Wildman–Crippen MR) is 183 cm³/mol. The average Bonchev–Trinajstić information content (AvgIpc) is 3.73. The molecule has 4 aromatic heterocycles. The Kier molecular flexibility index (Phi) is 10.0. The van der Waals surface area contributed by atoms with Gasteiger partial charge in [0.1, 0.15) is 0 Å². The van der Waals surface area contributed by atoms with Gasteiger partial charge in [-0.05, 0) is 0 Å². The minimum atomic E-state index is -2.57. The van der Waals surface area contributed by atoms with Gasteiger partial charge in [-0.2, -0.15) is 0 Å². The molecule has 1 aromatic carbocycles. The van der Waals surface area contributed by atoms with Crippen molar-refractivity contribution >= 4 is 66.2 Å². The Morgan fingerprint density at radius 3 is 1.26 bits per heavy atom. The zero-order valence-corrected chi connectivity index (χ0v) is 32.9. The van der Waals surface area contributed by atoms with Crippen molar-refractivity contribution < 1.29 is 17.7 Å². The van der Waals surface area contributed by atoms with Crippen LogP contribution in [0.1, 0.15) is 76.7 Å². The molecule has 0 aliphatic carbocycles. The van der Waals surface area contributed by atoms with Crippen LogP contribution < -0.4 is 7.55 Å². The Morgan fingerprint density at radius 2 is 0.905 bits per heavy atom. The van der Waals surface area contributed by atoms with Gasteiger partial charge in [0.2, 0.25) is 0 Å². The van der Waals surface area contributed by atoms with E-state index in [4.69, 9.17) is 17.7 Å². The molecule has 0 aliphatic rings. The van der Waals surface area contributed by atoms with Gasteiger partial charge in [-0.3, -0.25) is 0 Å². The van der Waals surface area contributed by atoms with E-state index in [2.05, 4.69) is 79.9 Å². The zero-order valence-electron chi connectivity index (χ0n) is 27.2. The Bertz CT molecular complexity index is 1460. The van der Waals surface area contributed by atoms with Gasteiger partial charge in [0.25, 0.3) is 0 Å². The van der Waals surface area contributed by atoms with E-state index in [0.717, 1.165) is 89.3 Å². The monoisotopic (exact) mass is 786 g/mol. The molecule has 4 heterocycles. The van der Waals surface area contributed by atoms with Gasteiger partial charge in [-0.25, -0.2) is 0 Å². The number of hydrogen-bond donors (Lipinski definition) is 0. The second kappa shape index (κ2) is 13.2. The maximum atomic E-state index is 6.87. The van der Waals surface area contributed by atoms with Gasteiger partial charge >= 0.3 is 248 Å². The topological polar surface area (TPSA) is 52.6 Å². The molecule has 42 heavy (non-hydrogen) atoms. The molecule has 226 valence electrons. The number of aryl methyl sites for hydroxylation is 2. The first kappa shape index (κ1) is 31.9. The van der Waals surface area contributed by atoms with Crippen LogP contribution >= 0.6 is 0 Å². The van der Waals surface area contributed by atoms with E-state index >= 15 is 0 Å². The Balaban J connectivity index is 1.71. The fourth-order valence-corrected chi connectivity index (χ4v) is 11.4. The van der Waals surface area contributed by atoms with Crippen LogP contribution in [0.4, 0.5) is 0 Å². The van der Waals surface area contributed by atoms with Gasteiger partial charge < -0.3 is 0 Å². The first-order valence-corrected chi connectivity index (χ1v) is 36.2. The summed E-state index contributed by atoms with van der Waals surface area (Å²) in [4.78, 5) is 14.4. The second-order valence-electron chi connectivity index (χ2n) is 14.1. The fourth-order valence-electron chi connectivity index (χ4n) is 5.74. The van der Waals surface area contributed by atoms with E-state index in [0.29, 0.717) is 0 Å². The number of furan rings is 4. The molecule has 0 amide bonds. The molecule has 0 radical (unpaired) electrons. The molecule has 0 unspecified atom stereocenters. The van der Waals surface area contributed by atoms with Crippen LogP contribution in [0.3, 0.4) is 0 Å². The third-order valence-corrected chi connectivity index (χ3v) is 18.2. The van der Waals surface area contributed by atoms with E-state index < -0.39 is 36.8 Å². The van der Waals surface area contributed by atoms with Gasteiger partial charge in [-0.1, -0.05) is 13.8 Å². The molecule has 5 rings (SSSR count). The Morgan fingerprint density at radius 1 is 0.500 bits per heavy atom. The zero-order chi connectivity index (χ0) is 30.1. The molecule has 0 saturated carbocycles. The molecule has 4 nitrogen and oxygen atoms in total. The quantitative estimate of drug-likeness (QED) is 0.0831. The third-order valence-electron chi connectivity index (χ3n) is 8.30. The van der Waals surface area contributed by atoms with Crippen LogP contribution in [-0.2, 0) is 12.8 Å². The third kappa shape index (κ3) is 6.90. The molecular formula is C36H50O4Sn2. The number of benzene rings is 1. The van der Waals surface area contributed by atoms with Gasteiger partial charge in [0.05, 0.1) is 0 Å². The van der Waals surface area contributed by atoms with E-state index in [1.165, 1.54) is 38.5 Å². The summed E-state index contributed by atoms with van der Waals surface area (Å²) >= 11 is -5.14. The molecule has 0 saturated heterocycles. The second-order valence-corrected chi connectivity index (χ2v) is 42.6. The summed E-state index contributed by atoms with van der Waals surface area (Å²) in [5, 5.41) is 2.16. The van der Waals surface area contributed by atoms with E-state index in [1.54, 1.807) is 0 Å². The molecule has 6 heteroatoms.